The van der Waals surface area contributed by atoms with Crippen LogP contribution in [0, 0.1) is 23.7 Å². The number of amidine groups is 1. The molecule has 2 N–H and O–H groups in total. The lowest BCUT2D eigenvalue weighted by atomic mass is 9.64. The smallest absolute Gasteiger partial charge is 0.131 e. The van der Waals surface area contributed by atoms with Crippen molar-refractivity contribution in [3.63, 3.8) is 0 Å². The van der Waals surface area contributed by atoms with Crippen molar-refractivity contribution in [2.24, 2.45) is 28.7 Å². The first-order valence-electron chi connectivity index (χ1n) is 19.4. The summed E-state index contributed by atoms with van der Waals surface area (Å²) in [6.07, 6.45) is 44.1. The fourth-order valence-electron chi connectivity index (χ4n) is 9.58. The number of hydrogen-bond donors (Lipinski definition) is 2. The molecule has 2 heterocycles. The van der Waals surface area contributed by atoms with Crippen LogP contribution < -0.4 is 15.5 Å². The summed E-state index contributed by atoms with van der Waals surface area (Å²) in [4.78, 5) is 8.08. The molecular weight excluding hydrogens is 633 g/mol. The Balaban J connectivity index is 1.15. The molecule has 4 heteroatoms. The largest absolute Gasteiger partial charge is 0.357 e. The van der Waals surface area contributed by atoms with Crippen LogP contribution >= 0.6 is 0 Å². The van der Waals surface area contributed by atoms with E-state index in [9.17, 15) is 0 Å². The van der Waals surface area contributed by atoms with Gasteiger partial charge < -0.3 is 10.2 Å². The van der Waals surface area contributed by atoms with Crippen LogP contribution in [0.4, 0.5) is 5.69 Å². The van der Waals surface area contributed by atoms with Gasteiger partial charge in [-0.2, -0.15) is 0 Å². The minimum absolute atomic E-state index is 0.00677. The zero-order valence-electron chi connectivity index (χ0n) is 30.4. The van der Waals surface area contributed by atoms with Gasteiger partial charge in [-0.1, -0.05) is 166 Å². The van der Waals surface area contributed by atoms with Gasteiger partial charge in [-0.05, 0) is 54.0 Å². The van der Waals surface area contributed by atoms with E-state index in [4.69, 9.17) is 4.99 Å². The van der Waals surface area contributed by atoms with E-state index in [1.165, 1.54) is 28.0 Å². The SMILES string of the molecule is CC1(C)c2ccccc2N([C@H]2C=CC(C3C=C(C4C=CC=CC4)C=CC3)=CC2C2NC(c3ccccc3)=NC(C3=CC=CCC3)N2)C2C=CC=CC21. The van der Waals surface area contributed by atoms with Crippen LogP contribution in [0.3, 0.4) is 0 Å². The molecule has 4 nitrogen and oxygen atoms in total. The molecule has 0 spiro atoms. The van der Waals surface area contributed by atoms with Gasteiger partial charge in [0.1, 0.15) is 12.0 Å². The quantitative estimate of drug-likeness (QED) is 0.319. The van der Waals surface area contributed by atoms with Crippen LogP contribution in [0.25, 0.3) is 0 Å². The molecule has 0 amide bonds. The molecule has 52 heavy (non-hydrogen) atoms. The molecule has 0 fully saturated rings. The van der Waals surface area contributed by atoms with Crippen molar-refractivity contribution in [2.45, 2.75) is 69.4 Å². The van der Waals surface area contributed by atoms with Crippen molar-refractivity contribution < 1.29 is 0 Å². The summed E-state index contributed by atoms with van der Waals surface area (Å²) < 4.78 is 0. The van der Waals surface area contributed by atoms with Gasteiger partial charge in [-0.25, -0.2) is 4.99 Å². The third-order valence-electron chi connectivity index (χ3n) is 12.4. The summed E-state index contributed by atoms with van der Waals surface area (Å²) in [5.41, 5.74) is 8.09. The number of fused-ring (bicyclic) bond motifs is 2. The summed E-state index contributed by atoms with van der Waals surface area (Å²) in [6.45, 7) is 4.86. The highest BCUT2D eigenvalue weighted by Crippen LogP contribution is 2.50. The van der Waals surface area contributed by atoms with Gasteiger partial charge in [-0.15, -0.1) is 0 Å². The van der Waals surface area contributed by atoms with Crippen molar-refractivity contribution in [2.75, 3.05) is 4.90 Å². The van der Waals surface area contributed by atoms with E-state index in [0.717, 1.165) is 37.1 Å². The molecule has 0 bridgehead atoms. The fourth-order valence-corrected chi connectivity index (χ4v) is 9.58. The lowest BCUT2D eigenvalue weighted by Gasteiger charge is -2.55. The first-order valence-corrected chi connectivity index (χ1v) is 19.4. The predicted molar refractivity (Wildman–Crippen MR) is 217 cm³/mol. The van der Waals surface area contributed by atoms with Gasteiger partial charge in [-0.3, -0.25) is 5.32 Å². The van der Waals surface area contributed by atoms with Crippen LogP contribution in [0.2, 0.25) is 0 Å². The Kier molecular flexibility index (Phi) is 8.80. The molecule has 0 aromatic heterocycles. The van der Waals surface area contributed by atoms with Gasteiger partial charge in [0.05, 0.1) is 18.2 Å². The second-order valence-corrected chi connectivity index (χ2v) is 15.8. The number of benzene rings is 2. The predicted octanol–water partition coefficient (Wildman–Crippen LogP) is 9.58. The van der Waals surface area contributed by atoms with Gasteiger partial charge in [0.2, 0.25) is 0 Å². The second-order valence-electron chi connectivity index (χ2n) is 15.8. The van der Waals surface area contributed by atoms with E-state index in [0.29, 0.717) is 17.8 Å². The number of allylic oxidation sites excluding steroid dienone is 15. The van der Waals surface area contributed by atoms with Crippen LogP contribution in [0.15, 0.2) is 180 Å². The average molecular weight is 683 g/mol. The molecule has 262 valence electrons. The number of aliphatic imine (C=N–C) groups is 1. The Morgan fingerprint density at radius 1 is 0.731 bits per heavy atom. The molecule has 7 aliphatic rings. The van der Waals surface area contributed by atoms with Crippen molar-refractivity contribution >= 4 is 11.5 Å². The van der Waals surface area contributed by atoms with Crippen molar-refractivity contribution in [1.82, 2.24) is 10.6 Å². The molecule has 5 aliphatic carbocycles. The number of nitrogens with one attached hydrogen (secondary N) is 2. The first-order chi connectivity index (χ1) is 25.5. The van der Waals surface area contributed by atoms with Crippen molar-refractivity contribution in [1.29, 1.82) is 0 Å². The molecule has 2 aromatic carbocycles. The standard InChI is InChI=1S/C48H50N4/c1-48(2)40-25-12-14-27-43(40)52(44-28-15-13-26-41(44)48)42-30-29-38(37-24-16-23-36(31-37)33-17-6-3-7-18-33)32-39(42)47-50-45(34-19-8-4-9-20-34)49-46(51-47)35-21-10-5-11-22-35/h3-10,12-17,19-21,23,25-33,37,39-40,42-43,46-47,51H,11,18,22,24H2,1-2H3,(H,49,50)/t33?,37?,39?,40?,42-,43?,46?,47?/m0/s1. The fraction of sp³-hybridized carbons (Fsp3) is 0.312. The van der Waals surface area contributed by atoms with Crippen LogP contribution in [-0.4, -0.2) is 30.3 Å². The third-order valence-corrected chi connectivity index (χ3v) is 12.4. The first kappa shape index (κ1) is 32.9. The highest BCUT2D eigenvalue weighted by Gasteiger charge is 2.48. The number of rotatable bonds is 6. The van der Waals surface area contributed by atoms with Crippen molar-refractivity contribution in [3.8, 4) is 0 Å². The molecule has 0 saturated carbocycles. The highest BCUT2D eigenvalue weighted by atomic mass is 15.3. The van der Waals surface area contributed by atoms with Crippen LogP contribution in [-0.2, 0) is 5.41 Å². The summed E-state index contributed by atoms with van der Waals surface area (Å²) in [7, 11) is 0. The molecular formula is C48H50N4. The Morgan fingerprint density at radius 2 is 1.54 bits per heavy atom. The molecule has 9 rings (SSSR count). The number of hydrogen-bond acceptors (Lipinski definition) is 4. The zero-order valence-corrected chi connectivity index (χ0v) is 30.4. The minimum Gasteiger partial charge on any atom is -0.357 e. The van der Waals surface area contributed by atoms with Gasteiger partial charge in [0.25, 0.3) is 0 Å². The van der Waals surface area contributed by atoms with E-state index in [1.54, 1.807) is 0 Å². The van der Waals surface area contributed by atoms with E-state index in [2.05, 4.69) is 187 Å². The highest BCUT2D eigenvalue weighted by molar-refractivity contribution is 5.99. The molecule has 8 atom stereocenters. The molecule has 0 saturated heterocycles. The van der Waals surface area contributed by atoms with E-state index in [-0.39, 0.29) is 35.7 Å². The van der Waals surface area contributed by atoms with Gasteiger partial charge >= 0.3 is 0 Å². The molecule has 0 radical (unpaired) electrons. The van der Waals surface area contributed by atoms with Crippen LogP contribution in [0.5, 0.6) is 0 Å². The zero-order chi connectivity index (χ0) is 35.1. The maximum atomic E-state index is 5.34. The topological polar surface area (TPSA) is 39.7 Å². The van der Waals surface area contributed by atoms with Gasteiger partial charge in [0.15, 0.2) is 0 Å². The maximum absolute atomic E-state index is 5.34. The maximum Gasteiger partial charge on any atom is 0.131 e. The number of anilines is 1. The van der Waals surface area contributed by atoms with E-state index >= 15 is 0 Å². The Morgan fingerprint density at radius 3 is 2.38 bits per heavy atom. The lowest BCUT2D eigenvalue weighted by molar-refractivity contribution is 0.271. The van der Waals surface area contributed by atoms with Crippen LogP contribution in [0.1, 0.15) is 50.7 Å². The number of nitrogens with zero attached hydrogens (tertiary/aromatic N) is 2. The monoisotopic (exact) mass is 682 g/mol. The van der Waals surface area contributed by atoms with Crippen molar-refractivity contribution in [3.05, 3.63) is 186 Å². The normalized spacial score (nSPS) is 32.6. The summed E-state index contributed by atoms with van der Waals surface area (Å²) in [5, 5.41) is 8.06. The summed E-state index contributed by atoms with van der Waals surface area (Å²) in [6, 6.07) is 20.2. The summed E-state index contributed by atoms with van der Waals surface area (Å²) in [5.74, 6) is 2.23. The average Bonchev–Trinajstić information content (AvgIpc) is 3.22. The number of para-hydroxylation sites is 1. The molecule has 7 unspecified atom stereocenters. The Bertz CT molecular complexity index is 2030. The molecule has 2 aromatic rings. The third kappa shape index (κ3) is 6.07. The Labute approximate surface area is 309 Å². The molecule has 2 aliphatic heterocycles. The second kappa shape index (κ2) is 13.9. The summed E-state index contributed by atoms with van der Waals surface area (Å²) >= 11 is 0. The van der Waals surface area contributed by atoms with Gasteiger partial charge in [0, 0.05) is 40.3 Å². The van der Waals surface area contributed by atoms with E-state index < -0.39 is 0 Å². The lowest BCUT2D eigenvalue weighted by Crippen LogP contribution is -2.64. The van der Waals surface area contributed by atoms with E-state index in [1.807, 2.05) is 0 Å². The minimum atomic E-state index is -0.0945. The Hall–Kier alpha value is -4.93.